The Morgan fingerprint density at radius 1 is 1.23 bits per heavy atom. The highest BCUT2D eigenvalue weighted by molar-refractivity contribution is 7.99. The Bertz CT molecular complexity index is 931. The van der Waals surface area contributed by atoms with E-state index in [1.165, 1.54) is 26.3 Å². The highest BCUT2D eigenvalue weighted by Crippen LogP contribution is 2.27. The van der Waals surface area contributed by atoms with Crippen LogP contribution >= 0.6 is 23.1 Å². The van der Waals surface area contributed by atoms with Crippen LogP contribution in [-0.2, 0) is 6.42 Å². The molecule has 0 bridgehead atoms. The lowest BCUT2D eigenvalue weighted by Crippen LogP contribution is -2.15. The predicted molar refractivity (Wildman–Crippen MR) is 111 cm³/mol. The molecule has 3 rings (SSSR count). The SMILES string of the molecule is CCCc1cc(=O)n2nc(NC(C)c3ccc(SC(C)C)cc3)sc2n1. The Hall–Kier alpha value is -1.86. The number of hydrogen-bond acceptors (Lipinski definition) is 6. The molecule has 5 nitrogen and oxygen atoms in total. The normalized spacial score (nSPS) is 12.7. The molecule has 7 heteroatoms. The summed E-state index contributed by atoms with van der Waals surface area (Å²) in [4.78, 5) is 18.7. The lowest BCUT2D eigenvalue weighted by molar-refractivity contribution is 0.826. The van der Waals surface area contributed by atoms with Gasteiger partial charge in [0.15, 0.2) is 0 Å². The number of aromatic nitrogens is 3. The van der Waals surface area contributed by atoms with Gasteiger partial charge in [-0.1, -0.05) is 50.7 Å². The van der Waals surface area contributed by atoms with Gasteiger partial charge in [0.1, 0.15) is 0 Å². The molecular weight excluding hydrogens is 364 g/mol. The zero-order chi connectivity index (χ0) is 18.7. The molecule has 138 valence electrons. The lowest BCUT2D eigenvalue weighted by atomic mass is 10.1. The first kappa shape index (κ1) is 18.9. The van der Waals surface area contributed by atoms with E-state index in [4.69, 9.17) is 0 Å². The molecule has 0 amide bonds. The van der Waals surface area contributed by atoms with E-state index in [0.29, 0.717) is 15.3 Å². The second-order valence-electron chi connectivity index (χ2n) is 6.54. The van der Waals surface area contributed by atoms with Crippen molar-refractivity contribution in [3.05, 3.63) is 51.9 Å². The number of nitrogens with one attached hydrogen (secondary N) is 1. The lowest BCUT2D eigenvalue weighted by Gasteiger charge is -2.13. The molecule has 2 heterocycles. The Kier molecular flexibility index (Phi) is 5.98. The van der Waals surface area contributed by atoms with E-state index in [0.717, 1.165) is 18.5 Å². The van der Waals surface area contributed by atoms with Gasteiger partial charge in [0.05, 0.1) is 6.04 Å². The summed E-state index contributed by atoms with van der Waals surface area (Å²) in [6.07, 6.45) is 1.78. The minimum absolute atomic E-state index is 0.0967. The summed E-state index contributed by atoms with van der Waals surface area (Å²) in [5, 5.41) is 9.05. The summed E-state index contributed by atoms with van der Waals surface area (Å²) in [5.41, 5.74) is 1.90. The minimum atomic E-state index is -0.120. The second-order valence-corrected chi connectivity index (χ2v) is 9.14. The van der Waals surface area contributed by atoms with Gasteiger partial charge >= 0.3 is 0 Å². The molecule has 2 aromatic heterocycles. The average molecular weight is 389 g/mol. The molecule has 26 heavy (non-hydrogen) atoms. The molecule has 1 aromatic carbocycles. The van der Waals surface area contributed by atoms with Crippen LogP contribution in [0.25, 0.3) is 4.96 Å². The summed E-state index contributed by atoms with van der Waals surface area (Å²) < 4.78 is 1.38. The van der Waals surface area contributed by atoms with Gasteiger partial charge in [-0.05, 0) is 31.0 Å². The monoisotopic (exact) mass is 388 g/mol. The van der Waals surface area contributed by atoms with Gasteiger partial charge in [-0.2, -0.15) is 4.52 Å². The quantitative estimate of drug-likeness (QED) is 0.590. The number of thioether (sulfide) groups is 1. The first-order valence-corrected chi connectivity index (χ1v) is 10.6. The van der Waals surface area contributed by atoms with Crippen molar-refractivity contribution in [3.8, 4) is 0 Å². The van der Waals surface area contributed by atoms with Crippen LogP contribution in [0.4, 0.5) is 5.13 Å². The molecule has 0 aliphatic carbocycles. The van der Waals surface area contributed by atoms with Crippen molar-refractivity contribution in [2.75, 3.05) is 5.32 Å². The molecule has 3 aromatic rings. The maximum atomic E-state index is 12.2. The van der Waals surface area contributed by atoms with Crippen LogP contribution in [-0.4, -0.2) is 19.8 Å². The molecule has 1 atom stereocenters. The zero-order valence-corrected chi connectivity index (χ0v) is 17.2. The number of hydrogen-bond donors (Lipinski definition) is 1. The third kappa shape index (κ3) is 4.45. The number of anilines is 1. The molecular formula is C19H24N4OS2. The Labute approximate surface area is 161 Å². The molecule has 0 saturated heterocycles. The zero-order valence-electron chi connectivity index (χ0n) is 15.5. The van der Waals surface area contributed by atoms with E-state index < -0.39 is 0 Å². The average Bonchev–Trinajstić information content (AvgIpc) is 2.98. The van der Waals surface area contributed by atoms with Gasteiger partial charge in [0, 0.05) is 21.9 Å². The van der Waals surface area contributed by atoms with Crippen LogP contribution in [0.1, 0.15) is 51.4 Å². The van der Waals surface area contributed by atoms with Crippen LogP contribution in [0.5, 0.6) is 0 Å². The van der Waals surface area contributed by atoms with Crippen molar-refractivity contribution >= 4 is 33.2 Å². The fourth-order valence-corrected chi connectivity index (χ4v) is 4.42. The maximum absolute atomic E-state index is 12.2. The molecule has 0 saturated carbocycles. The van der Waals surface area contributed by atoms with Crippen molar-refractivity contribution in [3.63, 3.8) is 0 Å². The maximum Gasteiger partial charge on any atom is 0.275 e. The van der Waals surface area contributed by atoms with Crippen molar-refractivity contribution in [1.29, 1.82) is 0 Å². The second kappa shape index (κ2) is 8.22. The summed E-state index contributed by atoms with van der Waals surface area (Å²) in [6.45, 7) is 8.56. The molecule has 0 aliphatic rings. The van der Waals surface area contributed by atoms with Crippen LogP contribution in [0.3, 0.4) is 0 Å². The van der Waals surface area contributed by atoms with Gasteiger partial charge in [0.2, 0.25) is 10.1 Å². The Morgan fingerprint density at radius 3 is 2.62 bits per heavy atom. The van der Waals surface area contributed by atoms with E-state index in [-0.39, 0.29) is 11.6 Å². The van der Waals surface area contributed by atoms with Crippen LogP contribution in [0.2, 0.25) is 0 Å². The predicted octanol–water partition coefficient (Wildman–Crippen LogP) is 4.78. The first-order valence-electron chi connectivity index (χ1n) is 8.89. The third-order valence-electron chi connectivity index (χ3n) is 3.90. The first-order chi connectivity index (χ1) is 12.5. The molecule has 1 N–H and O–H groups in total. The molecule has 0 radical (unpaired) electrons. The standard InChI is InChI=1S/C19H24N4OS2/c1-5-6-15-11-17(24)23-19(21-15)26-18(22-23)20-13(4)14-7-9-16(10-8-14)25-12(2)3/h7-13H,5-6H2,1-4H3,(H,20,22). The van der Waals surface area contributed by atoms with E-state index in [1.54, 1.807) is 6.07 Å². The topological polar surface area (TPSA) is 59.3 Å². The Balaban J connectivity index is 1.77. The summed E-state index contributed by atoms with van der Waals surface area (Å²) in [7, 11) is 0. The highest BCUT2D eigenvalue weighted by atomic mass is 32.2. The number of nitrogens with zero attached hydrogens (tertiary/aromatic N) is 3. The fraction of sp³-hybridized carbons (Fsp3) is 0.421. The van der Waals surface area contributed by atoms with E-state index in [2.05, 4.69) is 67.4 Å². The Morgan fingerprint density at radius 2 is 1.96 bits per heavy atom. The van der Waals surface area contributed by atoms with Gasteiger partial charge in [-0.3, -0.25) is 4.79 Å². The van der Waals surface area contributed by atoms with E-state index >= 15 is 0 Å². The molecule has 1 unspecified atom stereocenters. The minimum Gasteiger partial charge on any atom is -0.354 e. The van der Waals surface area contributed by atoms with Crippen LogP contribution in [0.15, 0.2) is 40.0 Å². The van der Waals surface area contributed by atoms with Gasteiger partial charge in [0.25, 0.3) is 5.56 Å². The van der Waals surface area contributed by atoms with Crippen molar-refractivity contribution in [1.82, 2.24) is 14.6 Å². The summed E-state index contributed by atoms with van der Waals surface area (Å²) >= 11 is 3.27. The molecule has 0 spiro atoms. The van der Waals surface area contributed by atoms with Crippen LogP contribution in [0, 0.1) is 0 Å². The molecule has 0 aliphatic heterocycles. The smallest absolute Gasteiger partial charge is 0.275 e. The summed E-state index contributed by atoms with van der Waals surface area (Å²) in [5.74, 6) is 0. The fourth-order valence-electron chi connectivity index (χ4n) is 2.67. The van der Waals surface area contributed by atoms with Gasteiger partial charge in [-0.25, -0.2) is 4.98 Å². The molecule has 0 fully saturated rings. The van der Waals surface area contributed by atoms with E-state index in [1.807, 2.05) is 11.8 Å². The van der Waals surface area contributed by atoms with Crippen molar-refractivity contribution in [2.24, 2.45) is 0 Å². The van der Waals surface area contributed by atoms with Crippen molar-refractivity contribution in [2.45, 2.75) is 56.7 Å². The van der Waals surface area contributed by atoms with E-state index in [9.17, 15) is 4.79 Å². The number of benzene rings is 1. The van der Waals surface area contributed by atoms with Crippen molar-refractivity contribution < 1.29 is 0 Å². The highest BCUT2D eigenvalue weighted by Gasteiger charge is 2.12. The third-order valence-corrected chi connectivity index (χ3v) is 5.75. The summed E-state index contributed by atoms with van der Waals surface area (Å²) in [6, 6.07) is 10.3. The number of rotatable bonds is 7. The number of fused-ring (bicyclic) bond motifs is 1. The number of aryl methyl sites for hydroxylation is 1. The largest absolute Gasteiger partial charge is 0.354 e. The van der Waals surface area contributed by atoms with Gasteiger partial charge in [-0.15, -0.1) is 16.9 Å². The van der Waals surface area contributed by atoms with Crippen LogP contribution < -0.4 is 10.9 Å². The van der Waals surface area contributed by atoms with Gasteiger partial charge < -0.3 is 5.32 Å².